The Hall–Kier alpha value is -2.60. The van der Waals surface area contributed by atoms with Crippen molar-refractivity contribution in [3.63, 3.8) is 0 Å². The summed E-state index contributed by atoms with van der Waals surface area (Å²) in [5.41, 5.74) is 1.03. The van der Waals surface area contributed by atoms with Crippen molar-refractivity contribution in [2.24, 2.45) is 4.99 Å². The normalized spacial score (nSPS) is 12.3. The lowest BCUT2D eigenvalue weighted by molar-refractivity contribution is 0.358. The molecule has 0 amide bonds. The number of ether oxygens (including phenoxy) is 1. The monoisotopic (exact) mass is 371 g/mol. The first-order chi connectivity index (χ1) is 12.7. The molecule has 5 nitrogen and oxygen atoms in total. The molecule has 26 heavy (non-hydrogen) atoms. The number of aliphatic imine (C=N–C) groups is 1. The lowest BCUT2D eigenvalue weighted by Crippen LogP contribution is -2.38. The SMILES string of the molecule is C=CCOc1ccccc1CNC(=NC)NCCS(=O)c1ccccc1. The summed E-state index contributed by atoms with van der Waals surface area (Å²) in [6, 6.07) is 17.3. The van der Waals surface area contributed by atoms with Crippen LogP contribution >= 0.6 is 0 Å². The van der Waals surface area contributed by atoms with Crippen molar-refractivity contribution in [1.29, 1.82) is 0 Å². The highest BCUT2D eigenvalue weighted by Crippen LogP contribution is 2.17. The van der Waals surface area contributed by atoms with E-state index in [4.69, 9.17) is 4.74 Å². The number of para-hydroxylation sites is 1. The van der Waals surface area contributed by atoms with Gasteiger partial charge < -0.3 is 15.4 Å². The van der Waals surface area contributed by atoms with Crippen LogP contribution in [0, 0.1) is 0 Å². The Labute approximate surface area is 157 Å². The minimum absolute atomic E-state index is 0.468. The smallest absolute Gasteiger partial charge is 0.191 e. The Bertz CT molecular complexity index is 748. The van der Waals surface area contributed by atoms with Gasteiger partial charge in [0.15, 0.2) is 5.96 Å². The molecule has 2 aromatic carbocycles. The molecule has 0 aliphatic heterocycles. The van der Waals surface area contributed by atoms with E-state index in [9.17, 15) is 4.21 Å². The molecular weight excluding hydrogens is 346 g/mol. The second kappa shape index (κ2) is 11.1. The van der Waals surface area contributed by atoms with Crippen LogP contribution in [-0.2, 0) is 17.3 Å². The van der Waals surface area contributed by atoms with Gasteiger partial charge in [0, 0.05) is 36.3 Å². The van der Waals surface area contributed by atoms with E-state index in [0.29, 0.717) is 31.4 Å². The van der Waals surface area contributed by atoms with Gasteiger partial charge in [0.05, 0.1) is 10.8 Å². The van der Waals surface area contributed by atoms with Crippen LogP contribution in [-0.4, -0.2) is 36.1 Å². The summed E-state index contributed by atoms with van der Waals surface area (Å²) in [6.45, 7) is 5.28. The molecule has 0 fully saturated rings. The highest BCUT2D eigenvalue weighted by molar-refractivity contribution is 7.85. The molecule has 0 spiro atoms. The average molecular weight is 372 g/mol. The molecule has 0 saturated carbocycles. The molecule has 2 rings (SSSR count). The van der Waals surface area contributed by atoms with Gasteiger partial charge >= 0.3 is 0 Å². The molecule has 138 valence electrons. The third kappa shape index (κ3) is 6.37. The Kier molecular flexibility index (Phi) is 8.42. The minimum Gasteiger partial charge on any atom is -0.489 e. The van der Waals surface area contributed by atoms with E-state index in [0.717, 1.165) is 16.2 Å². The summed E-state index contributed by atoms with van der Waals surface area (Å²) in [5, 5.41) is 6.44. The summed E-state index contributed by atoms with van der Waals surface area (Å²) in [6.07, 6.45) is 1.72. The van der Waals surface area contributed by atoms with Crippen molar-refractivity contribution >= 4 is 16.8 Å². The van der Waals surface area contributed by atoms with Crippen LogP contribution in [0.2, 0.25) is 0 Å². The average Bonchev–Trinajstić information content (AvgIpc) is 2.70. The Balaban J connectivity index is 1.81. The van der Waals surface area contributed by atoms with Crippen LogP contribution in [0.15, 0.2) is 77.1 Å². The largest absolute Gasteiger partial charge is 0.489 e. The third-order valence-electron chi connectivity index (χ3n) is 3.59. The quantitative estimate of drug-likeness (QED) is 0.404. The number of benzene rings is 2. The molecular formula is C20H25N3O2S. The molecule has 1 unspecified atom stereocenters. The maximum Gasteiger partial charge on any atom is 0.191 e. The van der Waals surface area contributed by atoms with Crippen molar-refractivity contribution in [3.05, 3.63) is 72.8 Å². The fourth-order valence-corrected chi connectivity index (χ4v) is 3.28. The van der Waals surface area contributed by atoms with Gasteiger partial charge in [-0.05, 0) is 18.2 Å². The fourth-order valence-electron chi connectivity index (χ4n) is 2.29. The maximum absolute atomic E-state index is 12.2. The van der Waals surface area contributed by atoms with E-state index in [2.05, 4.69) is 22.2 Å². The predicted molar refractivity (Wildman–Crippen MR) is 108 cm³/mol. The van der Waals surface area contributed by atoms with E-state index < -0.39 is 10.8 Å². The first kappa shape index (κ1) is 19.7. The fraction of sp³-hybridized carbons (Fsp3) is 0.250. The summed E-state index contributed by atoms with van der Waals surface area (Å²) in [4.78, 5) is 5.04. The van der Waals surface area contributed by atoms with E-state index in [1.54, 1.807) is 13.1 Å². The van der Waals surface area contributed by atoms with Gasteiger partial charge in [-0.3, -0.25) is 9.20 Å². The molecule has 0 aliphatic rings. The van der Waals surface area contributed by atoms with E-state index in [1.807, 2.05) is 54.6 Å². The second-order valence-electron chi connectivity index (χ2n) is 5.42. The lowest BCUT2D eigenvalue weighted by Gasteiger charge is -2.14. The number of nitrogens with zero attached hydrogens (tertiary/aromatic N) is 1. The van der Waals surface area contributed by atoms with Crippen molar-refractivity contribution < 1.29 is 8.95 Å². The number of hydrogen-bond acceptors (Lipinski definition) is 3. The highest BCUT2D eigenvalue weighted by atomic mass is 32.2. The lowest BCUT2D eigenvalue weighted by atomic mass is 10.2. The molecule has 0 radical (unpaired) electrons. The molecule has 2 N–H and O–H groups in total. The van der Waals surface area contributed by atoms with E-state index in [-0.39, 0.29) is 0 Å². The van der Waals surface area contributed by atoms with Crippen LogP contribution < -0.4 is 15.4 Å². The van der Waals surface area contributed by atoms with Gasteiger partial charge in [0.1, 0.15) is 12.4 Å². The minimum atomic E-state index is -1.02. The zero-order chi connectivity index (χ0) is 18.6. The zero-order valence-electron chi connectivity index (χ0n) is 15.0. The molecule has 1 atom stereocenters. The molecule has 0 aliphatic carbocycles. The van der Waals surface area contributed by atoms with Gasteiger partial charge in [-0.1, -0.05) is 49.1 Å². The summed E-state index contributed by atoms with van der Waals surface area (Å²) < 4.78 is 17.9. The third-order valence-corrected chi connectivity index (χ3v) is 4.96. The van der Waals surface area contributed by atoms with Gasteiger partial charge in [-0.2, -0.15) is 0 Å². The van der Waals surface area contributed by atoms with E-state index >= 15 is 0 Å². The number of nitrogens with one attached hydrogen (secondary N) is 2. The molecule has 0 saturated heterocycles. The van der Waals surface area contributed by atoms with Crippen LogP contribution in [0.1, 0.15) is 5.56 Å². The van der Waals surface area contributed by atoms with Gasteiger partial charge in [-0.25, -0.2) is 0 Å². The zero-order valence-corrected chi connectivity index (χ0v) is 15.8. The Morgan fingerprint density at radius 3 is 2.62 bits per heavy atom. The highest BCUT2D eigenvalue weighted by Gasteiger charge is 2.06. The van der Waals surface area contributed by atoms with Crippen LogP contribution in [0.5, 0.6) is 5.75 Å². The Morgan fingerprint density at radius 2 is 1.88 bits per heavy atom. The Morgan fingerprint density at radius 1 is 1.15 bits per heavy atom. The van der Waals surface area contributed by atoms with Gasteiger partial charge in [-0.15, -0.1) is 0 Å². The van der Waals surface area contributed by atoms with Crippen molar-refractivity contribution in [2.75, 3.05) is 26.0 Å². The standard InChI is InChI=1S/C20H25N3O2S/c1-3-14-25-19-12-8-7-9-17(19)16-23-20(21-2)22-13-15-26(24)18-10-5-4-6-11-18/h3-12H,1,13-16H2,2H3,(H2,21,22,23). The first-order valence-electron chi connectivity index (χ1n) is 8.44. The summed E-state index contributed by atoms with van der Waals surface area (Å²) >= 11 is 0. The number of rotatable bonds is 9. The summed E-state index contributed by atoms with van der Waals surface area (Å²) in [5.74, 6) is 2.00. The van der Waals surface area contributed by atoms with Crippen LogP contribution in [0.3, 0.4) is 0 Å². The maximum atomic E-state index is 12.2. The second-order valence-corrected chi connectivity index (χ2v) is 6.99. The van der Waals surface area contributed by atoms with Crippen LogP contribution in [0.25, 0.3) is 0 Å². The molecule has 0 heterocycles. The van der Waals surface area contributed by atoms with Gasteiger partial charge in [0.25, 0.3) is 0 Å². The molecule has 6 heteroatoms. The molecule has 0 aromatic heterocycles. The van der Waals surface area contributed by atoms with E-state index in [1.165, 1.54) is 0 Å². The van der Waals surface area contributed by atoms with Crippen molar-refractivity contribution in [2.45, 2.75) is 11.4 Å². The van der Waals surface area contributed by atoms with Crippen molar-refractivity contribution in [1.82, 2.24) is 10.6 Å². The summed E-state index contributed by atoms with van der Waals surface area (Å²) in [7, 11) is 0.688. The molecule has 2 aromatic rings. The molecule has 0 bridgehead atoms. The van der Waals surface area contributed by atoms with Crippen molar-refractivity contribution in [3.8, 4) is 5.75 Å². The van der Waals surface area contributed by atoms with Gasteiger partial charge in [0.2, 0.25) is 0 Å². The number of hydrogen-bond donors (Lipinski definition) is 2. The predicted octanol–water partition coefficient (Wildman–Crippen LogP) is 2.72. The number of guanidine groups is 1. The first-order valence-corrected chi connectivity index (χ1v) is 9.76. The topological polar surface area (TPSA) is 62.7 Å². The van der Waals surface area contributed by atoms with Crippen LogP contribution in [0.4, 0.5) is 0 Å².